The van der Waals surface area contributed by atoms with Gasteiger partial charge in [0.05, 0.1) is 0 Å². The summed E-state index contributed by atoms with van der Waals surface area (Å²) in [6, 6.07) is 11.5. The standard InChI is InChI=1S/C15H24N2/c1-2-10-17(15-8-9-15)12-14(11-16)13-6-4-3-5-7-13/h3-7,14-15H,2,8-12,16H2,1H3. The predicted octanol–water partition coefficient (Wildman–Crippen LogP) is 2.60. The van der Waals surface area contributed by atoms with Crippen molar-refractivity contribution in [3.63, 3.8) is 0 Å². The number of hydrogen-bond donors (Lipinski definition) is 1. The summed E-state index contributed by atoms with van der Waals surface area (Å²) in [4.78, 5) is 2.63. The first-order valence-corrected chi connectivity index (χ1v) is 6.84. The molecule has 2 N–H and O–H groups in total. The second-order valence-electron chi connectivity index (χ2n) is 5.07. The highest BCUT2D eigenvalue weighted by atomic mass is 15.2. The molecule has 1 unspecified atom stereocenters. The number of nitrogens with two attached hydrogens (primary N) is 1. The van der Waals surface area contributed by atoms with Crippen molar-refractivity contribution in [1.29, 1.82) is 0 Å². The lowest BCUT2D eigenvalue weighted by Gasteiger charge is -2.26. The lowest BCUT2D eigenvalue weighted by molar-refractivity contribution is 0.248. The molecule has 94 valence electrons. The molecule has 0 spiro atoms. The molecule has 1 atom stereocenters. The molecule has 1 fully saturated rings. The zero-order valence-electron chi connectivity index (χ0n) is 10.8. The topological polar surface area (TPSA) is 29.3 Å². The highest BCUT2D eigenvalue weighted by Gasteiger charge is 2.29. The van der Waals surface area contributed by atoms with Gasteiger partial charge in [0.25, 0.3) is 0 Å². The number of benzene rings is 1. The van der Waals surface area contributed by atoms with Crippen molar-refractivity contribution in [3.05, 3.63) is 35.9 Å². The molecule has 1 aliphatic carbocycles. The van der Waals surface area contributed by atoms with Gasteiger partial charge < -0.3 is 5.73 Å². The van der Waals surface area contributed by atoms with E-state index in [-0.39, 0.29) is 0 Å². The number of hydrogen-bond acceptors (Lipinski definition) is 2. The summed E-state index contributed by atoms with van der Waals surface area (Å²) >= 11 is 0. The molecule has 1 aromatic carbocycles. The Balaban J connectivity index is 1.98. The van der Waals surface area contributed by atoms with Crippen molar-refractivity contribution in [2.45, 2.75) is 38.1 Å². The lowest BCUT2D eigenvalue weighted by Crippen LogP contribution is -2.34. The maximum Gasteiger partial charge on any atom is 0.00966 e. The summed E-state index contributed by atoms with van der Waals surface area (Å²) in [5.41, 5.74) is 7.33. The van der Waals surface area contributed by atoms with E-state index < -0.39 is 0 Å². The minimum absolute atomic E-state index is 0.489. The maximum absolute atomic E-state index is 5.94. The molecule has 0 heterocycles. The van der Waals surface area contributed by atoms with Crippen LogP contribution in [0.3, 0.4) is 0 Å². The van der Waals surface area contributed by atoms with Crippen molar-refractivity contribution in [1.82, 2.24) is 4.90 Å². The van der Waals surface area contributed by atoms with Crippen LogP contribution in [0.4, 0.5) is 0 Å². The molecule has 17 heavy (non-hydrogen) atoms. The van der Waals surface area contributed by atoms with Gasteiger partial charge in [-0.05, 0) is 31.4 Å². The fraction of sp³-hybridized carbons (Fsp3) is 0.600. The minimum Gasteiger partial charge on any atom is -0.330 e. The van der Waals surface area contributed by atoms with E-state index in [9.17, 15) is 0 Å². The van der Waals surface area contributed by atoms with Crippen molar-refractivity contribution >= 4 is 0 Å². The monoisotopic (exact) mass is 232 g/mol. The average molecular weight is 232 g/mol. The van der Waals surface area contributed by atoms with E-state index in [0.717, 1.165) is 19.1 Å². The summed E-state index contributed by atoms with van der Waals surface area (Å²) in [5.74, 6) is 0.489. The van der Waals surface area contributed by atoms with E-state index in [1.165, 1.54) is 31.4 Å². The Labute approximate surface area is 105 Å². The zero-order chi connectivity index (χ0) is 12.1. The van der Waals surface area contributed by atoms with E-state index >= 15 is 0 Å². The van der Waals surface area contributed by atoms with Crippen LogP contribution in [0.1, 0.15) is 37.7 Å². The fourth-order valence-electron chi connectivity index (χ4n) is 2.47. The van der Waals surface area contributed by atoms with Crippen LogP contribution in [0, 0.1) is 0 Å². The van der Waals surface area contributed by atoms with Gasteiger partial charge in [0, 0.05) is 25.0 Å². The van der Waals surface area contributed by atoms with Crippen LogP contribution in [-0.4, -0.2) is 30.6 Å². The van der Waals surface area contributed by atoms with Crippen LogP contribution in [0.5, 0.6) is 0 Å². The number of nitrogens with zero attached hydrogens (tertiary/aromatic N) is 1. The Morgan fingerprint density at radius 3 is 2.53 bits per heavy atom. The van der Waals surface area contributed by atoms with Crippen LogP contribution in [0.15, 0.2) is 30.3 Å². The largest absolute Gasteiger partial charge is 0.330 e. The molecule has 1 aliphatic rings. The van der Waals surface area contributed by atoms with Gasteiger partial charge in [-0.25, -0.2) is 0 Å². The van der Waals surface area contributed by atoms with Crippen molar-refractivity contribution in [2.24, 2.45) is 5.73 Å². The Hall–Kier alpha value is -0.860. The van der Waals surface area contributed by atoms with Crippen LogP contribution in [-0.2, 0) is 0 Å². The lowest BCUT2D eigenvalue weighted by atomic mass is 9.98. The SMILES string of the molecule is CCCN(CC(CN)c1ccccc1)C1CC1. The normalized spacial score (nSPS) is 17.4. The molecular weight excluding hydrogens is 208 g/mol. The van der Waals surface area contributed by atoms with E-state index in [2.05, 4.69) is 42.2 Å². The molecular formula is C15H24N2. The molecule has 0 amide bonds. The Morgan fingerprint density at radius 2 is 2.00 bits per heavy atom. The third-order valence-electron chi connectivity index (χ3n) is 3.58. The molecule has 0 aliphatic heterocycles. The quantitative estimate of drug-likeness (QED) is 0.783. The molecule has 0 aromatic heterocycles. The van der Waals surface area contributed by atoms with Gasteiger partial charge in [0.15, 0.2) is 0 Å². The highest BCUT2D eigenvalue weighted by Crippen LogP contribution is 2.29. The molecule has 1 saturated carbocycles. The molecule has 0 bridgehead atoms. The number of rotatable bonds is 7. The van der Waals surface area contributed by atoms with Crippen LogP contribution in [0.2, 0.25) is 0 Å². The van der Waals surface area contributed by atoms with Gasteiger partial charge in [-0.2, -0.15) is 0 Å². The average Bonchev–Trinajstić information content (AvgIpc) is 3.20. The molecule has 2 nitrogen and oxygen atoms in total. The third kappa shape index (κ3) is 3.55. The molecule has 2 rings (SSSR count). The summed E-state index contributed by atoms with van der Waals surface area (Å²) in [7, 11) is 0. The Bertz CT molecular complexity index is 319. The van der Waals surface area contributed by atoms with Gasteiger partial charge in [0.1, 0.15) is 0 Å². The van der Waals surface area contributed by atoms with E-state index in [0.29, 0.717) is 5.92 Å². The molecule has 1 aromatic rings. The second-order valence-corrected chi connectivity index (χ2v) is 5.07. The van der Waals surface area contributed by atoms with Crippen LogP contribution in [0.25, 0.3) is 0 Å². The molecule has 2 heteroatoms. The zero-order valence-corrected chi connectivity index (χ0v) is 10.8. The smallest absolute Gasteiger partial charge is 0.00966 e. The van der Waals surface area contributed by atoms with Gasteiger partial charge in [-0.15, -0.1) is 0 Å². The van der Waals surface area contributed by atoms with Crippen molar-refractivity contribution < 1.29 is 0 Å². The van der Waals surface area contributed by atoms with Gasteiger partial charge >= 0.3 is 0 Å². The van der Waals surface area contributed by atoms with E-state index in [4.69, 9.17) is 5.73 Å². The highest BCUT2D eigenvalue weighted by molar-refractivity contribution is 5.20. The molecule has 0 saturated heterocycles. The summed E-state index contributed by atoms with van der Waals surface area (Å²) in [5, 5.41) is 0. The van der Waals surface area contributed by atoms with Crippen LogP contribution < -0.4 is 5.73 Å². The van der Waals surface area contributed by atoms with Crippen molar-refractivity contribution in [2.75, 3.05) is 19.6 Å². The Kier molecular flexibility index (Phi) is 4.57. The summed E-state index contributed by atoms with van der Waals surface area (Å²) in [6.45, 7) is 5.35. The van der Waals surface area contributed by atoms with Crippen LogP contribution >= 0.6 is 0 Å². The summed E-state index contributed by atoms with van der Waals surface area (Å²) in [6.07, 6.45) is 4.00. The minimum atomic E-state index is 0.489. The van der Waals surface area contributed by atoms with Gasteiger partial charge in [-0.1, -0.05) is 37.3 Å². The second kappa shape index (κ2) is 6.18. The third-order valence-corrected chi connectivity index (χ3v) is 3.58. The Morgan fingerprint density at radius 1 is 1.29 bits per heavy atom. The first kappa shape index (κ1) is 12.6. The molecule has 0 radical (unpaired) electrons. The van der Waals surface area contributed by atoms with E-state index in [1.807, 2.05) is 0 Å². The fourth-order valence-corrected chi connectivity index (χ4v) is 2.47. The maximum atomic E-state index is 5.94. The summed E-state index contributed by atoms with van der Waals surface area (Å²) < 4.78 is 0. The van der Waals surface area contributed by atoms with E-state index in [1.54, 1.807) is 0 Å². The first-order chi connectivity index (χ1) is 8.35. The van der Waals surface area contributed by atoms with Gasteiger partial charge in [0.2, 0.25) is 0 Å². The van der Waals surface area contributed by atoms with Crippen molar-refractivity contribution in [3.8, 4) is 0 Å². The predicted molar refractivity (Wildman–Crippen MR) is 73.1 cm³/mol. The first-order valence-electron chi connectivity index (χ1n) is 6.84. The van der Waals surface area contributed by atoms with Gasteiger partial charge in [-0.3, -0.25) is 4.90 Å².